The Labute approximate surface area is 86.7 Å². The molecule has 1 N–H and O–H groups in total. The summed E-state index contributed by atoms with van der Waals surface area (Å²) >= 11 is 0. The molecular weight excluding hydrogens is 174 g/mol. The molecule has 1 aliphatic rings. The highest BCUT2D eigenvalue weighted by molar-refractivity contribution is 4.94. The van der Waals surface area contributed by atoms with Gasteiger partial charge in [0.25, 0.3) is 0 Å². The smallest absolute Gasteiger partial charge is 0.141 e. The third-order valence-electron chi connectivity index (χ3n) is 3.16. The molecule has 3 nitrogen and oxygen atoms in total. The molecule has 14 heavy (non-hydrogen) atoms. The quantitative estimate of drug-likeness (QED) is 0.688. The van der Waals surface area contributed by atoms with Crippen molar-refractivity contribution in [1.29, 1.82) is 0 Å². The molecule has 0 heterocycles. The van der Waals surface area contributed by atoms with Gasteiger partial charge in [0.2, 0.25) is 0 Å². The molecule has 3 heteroatoms. The highest BCUT2D eigenvalue weighted by Crippen LogP contribution is 2.34. The van der Waals surface area contributed by atoms with E-state index >= 15 is 0 Å². The van der Waals surface area contributed by atoms with E-state index in [4.69, 9.17) is 0 Å². The zero-order valence-corrected chi connectivity index (χ0v) is 9.45. The van der Waals surface area contributed by atoms with Gasteiger partial charge in [-0.05, 0) is 24.7 Å². The van der Waals surface area contributed by atoms with Crippen LogP contribution < -0.4 is 5.32 Å². The lowest BCUT2D eigenvalue weighted by atomic mass is 9.96. The van der Waals surface area contributed by atoms with Crippen LogP contribution in [-0.4, -0.2) is 13.1 Å². The Kier molecular flexibility index (Phi) is 4.11. The van der Waals surface area contributed by atoms with Crippen molar-refractivity contribution in [2.45, 2.75) is 39.2 Å². The predicted octanol–water partition coefficient (Wildman–Crippen LogP) is 2.95. The van der Waals surface area contributed by atoms with Gasteiger partial charge in [0.05, 0.1) is 0 Å². The van der Waals surface area contributed by atoms with Gasteiger partial charge in [-0.3, -0.25) is 0 Å². The van der Waals surface area contributed by atoms with Crippen LogP contribution in [0.1, 0.15) is 33.1 Å². The van der Waals surface area contributed by atoms with Crippen molar-refractivity contribution in [3.05, 3.63) is 12.4 Å². The van der Waals surface area contributed by atoms with Crippen molar-refractivity contribution < 1.29 is 0 Å². The highest BCUT2D eigenvalue weighted by atomic mass is 15.2. The Bertz CT molecular complexity index is 223. The number of azo groups is 1. The molecule has 0 aromatic heterocycles. The first-order valence-corrected chi connectivity index (χ1v) is 5.42. The van der Waals surface area contributed by atoms with Gasteiger partial charge >= 0.3 is 0 Å². The minimum atomic E-state index is 0.549. The molecule has 0 unspecified atom stereocenters. The van der Waals surface area contributed by atoms with Crippen molar-refractivity contribution in [1.82, 2.24) is 5.32 Å². The van der Waals surface area contributed by atoms with E-state index in [2.05, 4.69) is 36.0 Å². The van der Waals surface area contributed by atoms with Crippen LogP contribution in [0, 0.1) is 11.8 Å². The molecule has 0 aliphatic heterocycles. The first kappa shape index (κ1) is 11.2. The van der Waals surface area contributed by atoms with Crippen LogP contribution in [0.3, 0.4) is 0 Å². The fourth-order valence-electron chi connectivity index (χ4n) is 2.41. The molecule has 80 valence electrons. The maximum Gasteiger partial charge on any atom is 0.141 e. The normalized spacial score (nSPS) is 32.4. The van der Waals surface area contributed by atoms with E-state index in [1.54, 1.807) is 7.05 Å². The summed E-state index contributed by atoms with van der Waals surface area (Å²) in [4.78, 5) is 0. The first-order chi connectivity index (χ1) is 6.67. The largest absolute Gasteiger partial charge is 0.366 e. The lowest BCUT2D eigenvalue weighted by Gasteiger charge is -2.12. The lowest BCUT2D eigenvalue weighted by Crippen LogP contribution is -2.24. The van der Waals surface area contributed by atoms with Gasteiger partial charge in [0, 0.05) is 13.1 Å². The van der Waals surface area contributed by atoms with Crippen LogP contribution in [0.25, 0.3) is 0 Å². The van der Waals surface area contributed by atoms with E-state index in [9.17, 15) is 0 Å². The highest BCUT2D eigenvalue weighted by Gasteiger charge is 2.29. The summed E-state index contributed by atoms with van der Waals surface area (Å²) in [5.41, 5.74) is 0. The second kappa shape index (κ2) is 5.13. The van der Waals surface area contributed by atoms with Gasteiger partial charge in [-0.1, -0.05) is 26.8 Å². The second-order valence-electron chi connectivity index (χ2n) is 4.20. The van der Waals surface area contributed by atoms with Crippen molar-refractivity contribution in [3.8, 4) is 0 Å². The minimum Gasteiger partial charge on any atom is -0.366 e. The average Bonchev–Trinajstić information content (AvgIpc) is 2.46. The van der Waals surface area contributed by atoms with Gasteiger partial charge in [0.15, 0.2) is 0 Å². The number of hydrogen-bond acceptors (Lipinski definition) is 3. The number of nitrogens with one attached hydrogen (secondary N) is 1. The first-order valence-electron chi connectivity index (χ1n) is 5.42. The molecule has 3 atom stereocenters. The molecule has 0 spiro atoms. The van der Waals surface area contributed by atoms with E-state index in [1.807, 2.05) is 0 Å². The summed E-state index contributed by atoms with van der Waals surface area (Å²) in [6, 6.07) is 0.549. The maximum absolute atomic E-state index is 3.88. The van der Waals surface area contributed by atoms with Crippen LogP contribution in [0.15, 0.2) is 22.6 Å². The predicted molar refractivity (Wildman–Crippen MR) is 59.0 cm³/mol. The van der Waals surface area contributed by atoms with Gasteiger partial charge in [-0.2, -0.15) is 5.11 Å². The standard InChI is InChI=1S/C11H21N3/c1-5-10-7-11(6-8(10)2)13-9(3)14-12-4/h8,10-11,13H,3,5-7H2,1-2,4H3/b14-12-/t8-,10+,11-/m1/s1. The van der Waals surface area contributed by atoms with Crippen molar-refractivity contribution in [3.63, 3.8) is 0 Å². The third kappa shape index (κ3) is 2.82. The molecule has 1 saturated carbocycles. The molecule has 0 radical (unpaired) electrons. The van der Waals surface area contributed by atoms with Gasteiger partial charge in [-0.15, -0.1) is 5.11 Å². The summed E-state index contributed by atoms with van der Waals surface area (Å²) in [6.07, 6.45) is 3.76. The summed E-state index contributed by atoms with van der Waals surface area (Å²) in [5, 5.41) is 10.9. The fourth-order valence-corrected chi connectivity index (χ4v) is 2.41. The SMILES string of the molecule is C=C(/N=N\C)N[C@H]1C[C@H](CC)[C@H](C)C1. The van der Waals surface area contributed by atoms with Crippen LogP contribution in [0.2, 0.25) is 0 Å². The zero-order valence-electron chi connectivity index (χ0n) is 9.45. The van der Waals surface area contributed by atoms with Crippen LogP contribution in [-0.2, 0) is 0 Å². The topological polar surface area (TPSA) is 36.8 Å². The van der Waals surface area contributed by atoms with E-state index < -0.39 is 0 Å². The van der Waals surface area contributed by atoms with Crippen LogP contribution in [0.4, 0.5) is 0 Å². The number of hydrogen-bond donors (Lipinski definition) is 1. The molecule has 1 rings (SSSR count). The second-order valence-corrected chi connectivity index (χ2v) is 4.20. The van der Waals surface area contributed by atoms with Gasteiger partial charge in [-0.25, -0.2) is 0 Å². The Hall–Kier alpha value is -0.860. The summed E-state index contributed by atoms with van der Waals surface area (Å²) in [7, 11) is 1.67. The Balaban J connectivity index is 2.38. The molecule has 0 aromatic carbocycles. The Morgan fingerprint density at radius 1 is 1.50 bits per heavy atom. The van der Waals surface area contributed by atoms with Gasteiger partial charge in [0.1, 0.15) is 5.82 Å². The van der Waals surface area contributed by atoms with Crippen LogP contribution >= 0.6 is 0 Å². The summed E-state index contributed by atoms with van der Waals surface area (Å²) in [6.45, 7) is 8.41. The molecule has 0 bridgehead atoms. The zero-order chi connectivity index (χ0) is 10.6. The Morgan fingerprint density at radius 2 is 2.21 bits per heavy atom. The molecule has 1 aliphatic carbocycles. The molecule has 0 amide bonds. The van der Waals surface area contributed by atoms with E-state index in [0.717, 1.165) is 11.8 Å². The van der Waals surface area contributed by atoms with Crippen molar-refractivity contribution in [2.75, 3.05) is 7.05 Å². The fraction of sp³-hybridized carbons (Fsp3) is 0.818. The van der Waals surface area contributed by atoms with Crippen LogP contribution in [0.5, 0.6) is 0 Å². The molecule has 0 aromatic rings. The molecule has 1 fully saturated rings. The van der Waals surface area contributed by atoms with Gasteiger partial charge < -0.3 is 5.32 Å². The maximum atomic E-state index is 3.88. The van der Waals surface area contributed by atoms with E-state index in [0.29, 0.717) is 11.9 Å². The Morgan fingerprint density at radius 3 is 2.71 bits per heavy atom. The summed E-state index contributed by atoms with van der Waals surface area (Å²) in [5.74, 6) is 2.38. The molecule has 0 saturated heterocycles. The molecular formula is C11H21N3. The summed E-state index contributed by atoms with van der Waals surface area (Å²) < 4.78 is 0. The number of nitrogens with zero attached hydrogens (tertiary/aromatic N) is 2. The van der Waals surface area contributed by atoms with Crippen molar-refractivity contribution in [2.24, 2.45) is 22.1 Å². The van der Waals surface area contributed by atoms with E-state index in [-0.39, 0.29) is 0 Å². The van der Waals surface area contributed by atoms with Crippen molar-refractivity contribution >= 4 is 0 Å². The monoisotopic (exact) mass is 195 g/mol. The third-order valence-corrected chi connectivity index (χ3v) is 3.16. The lowest BCUT2D eigenvalue weighted by molar-refractivity contribution is 0.407. The average molecular weight is 195 g/mol. The van der Waals surface area contributed by atoms with E-state index in [1.165, 1.54) is 19.3 Å². The number of rotatable bonds is 4. The minimum absolute atomic E-state index is 0.549.